The van der Waals surface area contributed by atoms with Gasteiger partial charge in [-0.2, -0.15) is 0 Å². The maximum Gasteiger partial charge on any atom is 0.191 e. The third-order valence-electron chi connectivity index (χ3n) is 4.73. The van der Waals surface area contributed by atoms with Gasteiger partial charge < -0.3 is 15.7 Å². The molecule has 0 aliphatic carbocycles. The smallest absolute Gasteiger partial charge is 0.191 e. The standard InChI is InChI=1S/C19H33N5O.HI/c1-4-21-18(22-14-17(25)16-8-10-20-11-9-16)23-15-19(2,3)24-12-6-5-7-13-24;/h8-11,17,25H,4-7,12-15H2,1-3H3,(H2,21,22,23);1H. The second-order valence-corrected chi connectivity index (χ2v) is 7.23. The lowest BCUT2D eigenvalue weighted by atomic mass is 9.99. The Kier molecular flexibility index (Phi) is 10.4. The van der Waals surface area contributed by atoms with E-state index in [-0.39, 0.29) is 29.5 Å². The van der Waals surface area contributed by atoms with E-state index in [1.165, 1.54) is 19.3 Å². The molecule has 1 aromatic rings. The Labute approximate surface area is 174 Å². The van der Waals surface area contributed by atoms with E-state index in [0.29, 0.717) is 6.54 Å². The fraction of sp³-hybridized carbons (Fsp3) is 0.684. The molecule has 0 radical (unpaired) electrons. The topological polar surface area (TPSA) is 72.8 Å². The Hall–Kier alpha value is -0.930. The predicted molar refractivity (Wildman–Crippen MR) is 118 cm³/mol. The molecule has 1 atom stereocenters. The molecule has 1 saturated heterocycles. The van der Waals surface area contributed by atoms with Gasteiger partial charge in [-0.1, -0.05) is 6.42 Å². The minimum Gasteiger partial charge on any atom is -0.387 e. The van der Waals surface area contributed by atoms with Crippen LogP contribution in [0.1, 0.15) is 51.7 Å². The van der Waals surface area contributed by atoms with Crippen molar-refractivity contribution in [3.63, 3.8) is 0 Å². The van der Waals surface area contributed by atoms with Gasteiger partial charge in [-0.3, -0.25) is 14.9 Å². The summed E-state index contributed by atoms with van der Waals surface area (Å²) in [5, 5.41) is 16.8. The van der Waals surface area contributed by atoms with Crippen molar-refractivity contribution in [1.29, 1.82) is 0 Å². The Morgan fingerprint density at radius 3 is 2.50 bits per heavy atom. The number of nitrogens with zero attached hydrogens (tertiary/aromatic N) is 3. The van der Waals surface area contributed by atoms with Gasteiger partial charge in [0.15, 0.2) is 5.96 Å². The molecule has 1 unspecified atom stereocenters. The molecule has 1 aromatic heterocycles. The summed E-state index contributed by atoms with van der Waals surface area (Å²) in [6.07, 6.45) is 6.71. The third kappa shape index (κ3) is 7.36. The molecule has 0 aromatic carbocycles. The molecule has 3 N–H and O–H groups in total. The van der Waals surface area contributed by atoms with Crippen LogP contribution in [0, 0.1) is 0 Å². The van der Waals surface area contributed by atoms with Crippen LogP contribution in [0.25, 0.3) is 0 Å². The highest BCUT2D eigenvalue weighted by Gasteiger charge is 2.27. The van der Waals surface area contributed by atoms with Crippen LogP contribution in [0.15, 0.2) is 29.5 Å². The second-order valence-electron chi connectivity index (χ2n) is 7.23. The maximum atomic E-state index is 10.3. The van der Waals surface area contributed by atoms with E-state index in [4.69, 9.17) is 4.99 Å². The van der Waals surface area contributed by atoms with Crippen molar-refractivity contribution in [3.05, 3.63) is 30.1 Å². The van der Waals surface area contributed by atoms with Gasteiger partial charge in [0.05, 0.1) is 12.6 Å². The Morgan fingerprint density at radius 1 is 1.23 bits per heavy atom. The average molecular weight is 475 g/mol. The molecule has 7 heteroatoms. The van der Waals surface area contributed by atoms with E-state index >= 15 is 0 Å². The SMILES string of the molecule is CCNC(=NCC(C)(C)N1CCCCC1)NCC(O)c1ccncc1.I. The first-order valence-corrected chi connectivity index (χ1v) is 9.38. The molecule has 1 aliphatic heterocycles. The van der Waals surface area contributed by atoms with Crippen LogP contribution in [0.3, 0.4) is 0 Å². The van der Waals surface area contributed by atoms with Gasteiger partial charge >= 0.3 is 0 Å². The van der Waals surface area contributed by atoms with Crippen molar-refractivity contribution in [1.82, 2.24) is 20.5 Å². The van der Waals surface area contributed by atoms with Gasteiger partial charge in [0.25, 0.3) is 0 Å². The normalized spacial score (nSPS) is 17.3. The van der Waals surface area contributed by atoms with Crippen molar-refractivity contribution in [2.45, 2.75) is 51.7 Å². The molecule has 0 amide bonds. The second kappa shape index (κ2) is 11.7. The minimum absolute atomic E-state index is 0. The minimum atomic E-state index is -0.582. The first-order valence-electron chi connectivity index (χ1n) is 9.38. The van der Waals surface area contributed by atoms with Gasteiger partial charge in [-0.25, -0.2) is 0 Å². The number of aliphatic imine (C=N–C) groups is 1. The number of likely N-dealkylation sites (tertiary alicyclic amines) is 1. The fourth-order valence-electron chi connectivity index (χ4n) is 3.11. The highest BCUT2D eigenvalue weighted by atomic mass is 127. The summed E-state index contributed by atoms with van der Waals surface area (Å²) < 4.78 is 0. The van der Waals surface area contributed by atoms with Crippen molar-refractivity contribution in [2.75, 3.05) is 32.7 Å². The summed E-state index contributed by atoms with van der Waals surface area (Å²) in [7, 11) is 0. The van der Waals surface area contributed by atoms with Crippen molar-refractivity contribution < 1.29 is 5.11 Å². The monoisotopic (exact) mass is 475 g/mol. The quantitative estimate of drug-likeness (QED) is 0.321. The maximum absolute atomic E-state index is 10.3. The lowest BCUT2D eigenvalue weighted by Crippen LogP contribution is -2.49. The number of aliphatic hydroxyl groups is 1. The largest absolute Gasteiger partial charge is 0.387 e. The van der Waals surface area contributed by atoms with E-state index in [1.807, 2.05) is 19.1 Å². The number of pyridine rings is 1. The number of rotatable bonds is 7. The summed E-state index contributed by atoms with van der Waals surface area (Å²) in [5.74, 6) is 0.751. The summed E-state index contributed by atoms with van der Waals surface area (Å²) >= 11 is 0. The predicted octanol–water partition coefficient (Wildman–Crippen LogP) is 2.55. The number of nitrogens with one attached hydrogen (secondary N) is 2. The molecular formula is C19H34IN5O. The van der Waals surface area contributed by atoms with Crippen LogP contribution in [-0.2, 0) is 0 Å². The molecule has 1 fully saturated rings. The zero-order chi connectivity index (χ0) is 18.1. The van der Waals surface area contributed by atoms with Crippen molar-refractivity contribution >= 4 is 29.9 Å². The molecule has 2 rings (SSSR count). The highest BCUT2D eigenvalue weighted by molar-refractivity contribution is 14.0. The molecule has 0 saturated carbocycles. The van der Waals surface area contributed by atoms with Crippen molar-refractivity contribution in [2.24, 2.45) is 4.99 Å². The molecule has 1 aliphatic rings. The number of piperidine rings is 1. The first kappa shape index (κ1) is 23.1. The van der Waals surface area contributed by atoms with E-state index in [1.54, 1.807) is 12.4 Å². The van der Waals surface area contributed by atoms with Gasteiger partial charge in [0, 0.05) is 31.0 Å². The van der Waals surface area contributed by atoms with Gasteiger partial charge in [-0.05, 0) is 64.4 Å². The summed E-state index contributed by atoms with van der Waals surface area (Å²) in [6, 6.07) is 3.66. The number of hydrogen-bond acceptors (Lipinski definition) is 4. The third-order valence-corrected chi connectivity index (χ3v) is 4.73. The molecular weight excluding hydrogens is 441 g/mol. The molecule has 0 bridgehead atoms. The van der Waals surface area contributed by atoms with Crippen LogP contribution < -0.4 is 10.6 Å². The van der Waals surface area contributed by atoms with Gasteiger partial charge in [0.1, 0.15) is 0 Å². The summed E-state index contributed by atoms with van der Waals surface area (Å²) in [6.45, 7) is 10.8. The lowest BCUT2D eigenvalue weighted by molar-refractivity contribution is 0.102. The Morgan fingerprint density at radius 2 is 1.88 bits per heavy atom. The highest BCUT2D eigenvalue weighted by Crippen LogP contribution is 2.20. The number of aliphatic hydroxyl groups excluding tert-OH is 1. The average Bonchev–Trinajstić information content (AvgIpc) is 2.65. The number of guanidine groups is 1. The Balaban J connectivity index is 0.00000338. The molecule has 2 heterocycles. The number of hydrogen-bond donors (Lipinski definition) is 3. The zero-order valence-electron chi connectivity index (χ0n) is 16.2. The fourth-order valence-corrected chi connectivity index (χ4v) is 3.11. The van der Waals surface area contributed by atoms with Crippen LogP contribution in [-0.4, -0.2) is 59.2 Å². The Bertz CT molecular complexity index is 532. The van der Waals surface area contributed by atoms with Crippen LogP contribution in [0.4, 0.5) is 0 Å². The number of aromatic nitrogens is 1. The number of halogens is 1. The van der Waals surface area contributed by atoms with E-state index in [0.717, 1.165) is 37.7 Å². The molecule has 148 valence electrons. The first-order chi connectivity index (χ1) is 12.0. The lowest BCUT2D eigenvalue weighted by Gasteiger charge is -2.40. The van der Waals surface area contributed by atoms with Crippen LogP contribution in [0.5, 0.6) is 0 Å². The zero-order valence-corrected chi connectivity index (χ0v) is 18.6. The summed E-state index contributed by atoms with van der Waals surface area (Å²) in [4.78, 5) is 11.3. The van der Waals surface area contributed by atoms with Gasteiger partial charge in [-0.15, -0.1) is 24.0 Å². The molecule has 6 nitrogen and oxygen atoms in total. The van der Waals surface area contributed by atoms with Crippen LogP contribution >= 0.6 is 24.0 Å². The van der Waals surface area contributed by atoms with E-state index in [2.05, 4.69) is 34.4 Å². The van der Waals surface area contributed by atoms with E-state index in [9.17, 15) is 5.11 Å². The van der Waals surface area contributed by atoms with E-state index < -0.39 is 6.10 Å². The summed E-state index contributed by atoms with van der Waals surface area (Å²) in [5.41, 5.74) is 0.902. The van der Waals surface area contributed by atoms with Crippen LogP contribution in [0.2, 0.25) is 0 Å². The van der Waals surface area contributed by atoms with Gasteiger partial charge in [0.2, 0.25) is 0 Å². The molecule has 26 heavy (non-hydrogen) atoms. The molecule has 0 spiro atoms. The van der Waals surface area contributed by atoms with Crippen molar-refractivity contribution in [3.8, 4) is 0 Å².